The normalized spacial score (nSPS) is 11.9. The SMILES string of the molecule is Cc1nc(CC(C)OC(C)C)ccc1C(=O)Nc1ccc(Oc2ccccc2Cl)cc1. The van der Waals surface area contributed by atoms with Crippen molar-refractivity contribution in [2.75, 3.05) is 5.32 Å². The van der Waals surface area contributed by atoms with E-state index in [1.165, 1.54) is 0 Å². The first-order chi connectivity index (χ1) is 14.8. The van der Waals surface area contributed by atoms with Crippen LogP contribution in [0.25, 0.3) is 0 Å². The van der Waals surface area contributed by atoms with Crippen LogP contribution in [0.1, 0.15) is 42.5 Å². The number of rotatable bonds is 8. The molecule has 162 valence electrons. The number of ether oxygens (including phenoxy) is 2. The number of hydrogen-bond donors (Lipinski definition) is 1. The first kappa shape index (κ1) is 22.8. The van der Waals surface area contributed by atoms with E-state index < -0.39 is 0 Å². The summed E-state index contributed by atoms with van der Waals surface area (Å²) < 4.78 is 11.5. The molecular weight excluding hydrogens is 412 g/mol. The lowest BCUT2D eigenvalue weighted by molar-refractivity contribution is 0.0190. The predicted octanol–water partition coefficient (Wildman–Crippen LogP) is 6.44. The van der Waals surface area contributed by atoms with Crippen molar-refractivity contribution in [1.82, 2.24) is 4.98 Å². The highest BCUT2D eigenvalue weighted by Gasteiger charge is 2.13. The first-order valence-corrected chi connectivity index (χ1v) is 10.7. The van der Waals surface area contributed by atoms with Crippen LogP contribution < -0.4 is 10.1 Å². The minimum atomic E-state index is -0.206. The van der Waals surface area contributed by atoms with Gasteiger partial charge in [-0.25, -0.2) is 0 Å². The summed E-state index contributed by atoms with van der Waals surface area (Å²) in [6.07, 6.45) is 0.939. The molecular formula is C25H27ClN2O3. The van der Waals surface area contributed by atoms with Crippen LogP contribution in [-0.2, 0) is 11.2 Å². The summed E-state index contributed by atoms with van der Waals surface area (Å²) in [4.78, 5) is 17.3. The van der Waals surface area contributed by atoms with Gasteiger partial charge in [0.15, 0.2) is 0 Å². The maximum Gasteiger partial charge on any atom is 0.257 e. The highest BCUT2D eigenvalue weighted by atomic mass is 35.5. The Labute approximate surface area is 188 Å². The Kier molecular flexibility index (Phi) is 7.66. The van der Waals surface area contributed by atoms with Gasteiger partial charge in [-0.15, -0.1) is 0 Å². The Morgan fingerprint density at radius 1 is 1.03 bits per heavy atom. The van der Waals surface area contributed by atoms with Crippen molar-refractivity contribution in [2.24, 2.45) is 0 Å². The van der Waals surface area contributed by atoms with Crippen LogP contribution in [0.3, 0.4) is 0 Å². The van der Waals surface area contributed by atoms with E-state index in [4.69, 9.17) is 21.1 Å². The smallest absolute Gasteiger partial charge is 0.257 e. The molecule has 0 bridgehead atoms. The van der Waals surface area contributed by atoms with Crippen LogP contribution in [0.4, 0.5) is 5.69 Å². The molecule has 6 heteroatoms. The van der Waals surface area contributed by atoms with Gasteiger partial charge in [-0.05, 0) is 76.2 Å². The average molecular weight is 439 g/mol. The van der Waals surface area contributed by atoms with Crippen LogP contribution in [0.2, 0.25) is 5.02 Å². The van der Waals surface area contributed by atoms with Gasteiger partial charge in [0.2, 0.25) is 0 Å². The molecule has 1 unspecified atom stereocenters. The summed E-state index contributed by atoms with van der Waals surface area (Å²) in [6.45, 7) is 7.89. The number of carbonyl (C=O) groups is 1. The van der Waals surface area contributed by atoms with Crippen molar-refractivity contribution < 1.29 is 14.3 Å². The number of aryl methyl sites for hydroxylation is 1. The molecule has 1 aromatic heterocycles. The second kappa shape index (κ2) is 10.4. The lowest BCUT2D eigenvalue weighted by atomic mass is 10.1. The second-order valence-corrected chi connectivity index (χ2v) is 8.05. The Balaban J connectivity index is 1.62. The molecule has 0 fully saturated rings. The molecule has 2 aromatic carbocycles. The van der Waals surface area contributed by atoms with E-state index in [0.717, 1.165) is 5.69 Å². The first-order valence-electron chi connectivity index (χ1n) is 10.3. The minimum Gasteiger partial charge on any atom is -0.456 e. The van der Waals surface area contributed by atoms with Crippen LogP contribution in [0.15, 0.2) is 60.7 Å². The molecule has 3 aromatic rings. The van der Waals surface area contributed by atoms with Crippen LogP contribution in [0, 0.1) is 6.92 Å². The van der Waals surface area contributed by atoms with E-state index in [2.05, 4.69) is 10.3 Å². The summed E-state index contributed by atoms with van der Waals surface area (Å²) in [5, 5.41) is 3.44. The highest BCUT2D eigenvalue weighted by molar-refractivity contribution is 6.32. The molecule has 31 heavy (non-hydrogen) atoms. The van der Waals surface area contributed by atoms with Gasteiger partial charge in [-0.1, -0.05) is 23.7 Å². The number of aromatic nitrogens is 1. The zero-order valence-electron chi connectivity index (χ0n) is 18.2. The molecule has 0 saturated carbocycles. The Morgan fingerprint density at radius 2 is 1.74 bits per heavy atom. The molecule has 1 amide bonds. The van der Waals surface area contributed by atoms with E-state index >= 15 is 0 Å². The van der Waals surface area contributed by atoms with E-state index in [-0.39, 0.29) is 18.1 Å². The second-order valence-electron chi connectivity index (χ2n) is 7.65. The van der Waals surface area contributed by atoms with E-state index in [1.807, 2.05) is 52.0 Å². The van der Waals surface area contributed by atoms with Gasteiger partial charge >= 0.3 is 0 Å². The number of amides is 1. The molecule has 3 rings (SSSR count). The standard InChI is InChI=1S/C25H27ClN2O3/c1-16(2)30-17(3)15-20-11-14-22(18(4)27-20)25(29)28-19-9-12-21(13-10-19)31-24-8-6-5-7-23(24)26/h5-14,16-17H,15H2,1-4H3,(H,28,29). The number of pyridine rings is 1. The largest absolute Gasteiger partial charge is 0.456 e. The number of anilines is 1. The number of nitrogens with one attached hydrogen (secondary N) is 1. The van der Waals surface area contributed by atoms with Gasteiger partial charge in [0.05, 0.1) is 28.5 Å². The summed E-state index contributed by atoms with van der Waals surface area (Å²) in [7, 11) is 0. The molecule has 0 radical (unpaired) electrons. The number of carbonyl (C=O) groups excluding carboxylic acids is 1. The molecule has 5 nitrogen and oxygen atoms in total. The van der Waals surface area contributed by atoms with E-state index in [1.54, 1.807) is 36.4 Å². The van der Waals surface area contributed by atoms with Crippen molar-refractivity contribution in [2.45, 2.75) is 46.3 Å². The number of hydrogen-bond acceptors (Lipinski definition) is 4. The summed E-state index contributed by atoms with van der Waals surface area (Å²) >= 11 is 6.12. The molecule has 0 spiro atoms. The van der Waals surface area contributed by atoms with Crippen molar-refractivity contribution in [3.63, 3.8) is 0 Å². The lowest BCUT2D eigenvalue weighted by Gasteiger charge is -2.16. The topological polar surface area (TPSA) is 60.5 Å². The third-order valence-corrected chi connectivity index (χ3v) is 4.88. The van der Waals surface area contributed by atoms with Gasteiger partial charge < -0.3 is 14.8 Å². The molecule has 0 saturated heterocycles. The Bertz CT molecular complexity index is 1040. The van der Waals surface area contributed by atoms with Gasteiger partial charge in [0, 0.05) is 17.8 Å². The van der Waals surface area contributed by atoms with Gasteiger partial charge in [-0.3, -0.25) is 9.78 Å². The molecule has 0 aliphatic rings. The molecule has 1 N–H and O–H groups in total. The third kappa shape index (κ3) is 6.54. The molecule has 0 aliphatic heterocycles. The monoisotopic (exact) mass is 438 g/mol. The van der Waals surface area contributed by atoms with Crippen molar-refractivity contribution in [1.29, 1.82) is 0 Å². The quantitative estimate of drug-likeness (QED) is 0.439. The van der Waals surface area contributed by atoms with E-state index in [0.29, 0.717) is 39.9 Å². The maximum absolute atomic E-state index is 12.7. The Hall–Kier alpha value is -2.89. The summed E-state index contributed by atoms with van der Waals surface area (Å²) in [6, 6.07) is 18.1. The van der Waals surface area contributed by atoms with Gasteiger partial charge in [0.25, 0.3) is 5.91 Å². The van der Waals surface area contributed by atoms with Gasteiger partial charge in [-0.2, -0.15) is 0 Å². The molecule has 1 atom stereocenters. The number of para-hydroxylation sites is 1. The average Bonchev–Trinajstić information content (AvgIpc) is 2.70. The number of halogens is 1. The fourth-order valence-corrected chi connectivity index (χ4v) is 3.41. The van der Waals surface area contributed by atoms with Crippen molar-refractivity contribution in [3.8, 4) is 11.5 Å². The lowest BCUT2D eigenvalue weighted by Crippen LogP contribution is -2.18. The maximum atomic E-state index is 12.7. The van der Waals surface area contributed by atoms with Crippen molar-refractivity contribution in [3.05, 3.63) is 82.6 Å². The fourth-order valence-electron chi connectivity index (χ4n) is 3.23. The summed E-state index contributed by atoms with van der Waals surface area (Å²) in [5.74, 6) is 1.00. The van der Waals surface area contributed by atoms with Crippen LogP contribution in [-0.4, -0.2) is 23.1 Å². The fraction of sp³-hybridized carbons (Fsp3) is 0.280. The highest BCUT2D eigenvalue weighted by Crippen LogP contribution is 2.29. The Morgan fingerprint density at radius 3 is 2.39 bits per heavy atom. The molecule has 1 heterocycles. The van der Waals surface area contributed by atoms with Crippen LogP contribution >= 0.6 is 11.6 Å². The number of benzene rings is 2. The third-order valence-electron chi connectivity index (χ3n) is 4.57. The zero-order chi connectivity index (χ0) is 22.4. The van der Waals surface area contributed by atoms with Crippen molar-refractivity contribution >= 4 is 23.2 Å². The number of nitrogens with zero attached hydrogens (tertiary/aromatic N) is 1. The van der Waals surface area contributed by atoms with Gasteiger partial charge in [0.1, 0.15) is 11.5 Å². The predicted molar refractivity (Wildman–Crippen MR) is 124 cm³/mol. The van der Waals surface area contributed by atoms with Crippen LogP contribution in [0.5, 0.6) is 11.5 Å². The minimum absolute atomic E-state index is 0.0677. The zero-order valence-corrected chi connectivity index (χ0v) is 18.9. The summed E-state index contributed by atoms with van der Waals surface area (Å²) in [5.41, 5.74) is 2.80. The van der Waals surface area contributed by atoms with E-state index in [9.17, 15) is 4.79 Å². The molecule has 0 aliphatic carbocycles.